The highest BCUT2D eigenvalue weighted by Gasteiger charge is 2.43. The molecule has 0 aromatic heterocycles. The van der Waals surface area contributed by atoms with Crippen molar-refractivity contribution in [3.8, 4) is 0 Å². The molecule has 0 aromatic rings. The van der Waals surface area contributed by atoms with Gasteiger partial charge in [0.05, 0.1) is 0 Å². The number of rotatable bonds is 6. The second-order valence-electron chi connectivity index (χ2n) is 5.04. The maximum absolute atomic E-state index is 5.78. The van der Waals surface area contributed by atoms with Crippen LogP contribution >= 0.6 is 0 Å². The molecular formula is C12H27N3. The monoisotopic (exact) mass is 213 g/mol. The number of hydrogen-bond donors (Lipinski definition) is 2. The molecule has 1 unspecified atom stereocenters. The lowest BCUT2D eigenvalue weighted by molar-refractivity contribution is 0.0363. The molecule has 0 saturated heterocycles. The second kappa shape index (κ2) is 5.28. The van der Waals surface area contributed by atoms with E-state index in [1.807, 2.05) is 0 Å². The Morgan fingerprint density at radius 3 is 2.07 bits per heavy atom. The Hall–Kier alpha value is -0.120. The molecule has 3 N–H and O–H groups in total. The van der Waals surface area contributed by atoms with E-state index in [4.69, 9.17) is 5.84 Å². The fourth-order valence-electron chi connectivity index (χ4n) is 3.10. The van der Waals surface area contributed by atoms with Crippen LogP contribution < -0.4 is 11.3 Å². The molecule has 0 aliphatic heterocycles. The van der Waals surface area contributed by atoms with Gasteiger partial charge in [0.25, 0.3) is 0 Å². The molecule has 1 atom stereocenters. The van der Waals surface area contributed by atoms with Crippen molar-refractivity contribution < 1.29 is 0 Å². The summed E-state index contributed by atoms with van der Waals surface area (Å²) in [5.74, 6) is 6.56. The first-order valence-electron chi connectivity index (χ1n) is 6.26. The minimum absolute atomic E-state index is 0.222. The van der Waals surface area contributed by atoms with E-state index < -0.39 is 0 Å². The quantitative estimate of drug-likeness (QED) is 0.521. The average molecular weight is 213 g/mol. The van der Waals surface area contributed by atoms with E-state index in [2.05, 4.69) is 38.3 Å². The highest BCUT2D eigenvalue weighted by molar-refractivity contribution is 5.01. The Labute approximate surface area is 94.4 Å². The van der Waals surface area contributed by atoms with Gasteiger partial charge in [0, 0.05) is 11.6 Å². The first kappa shape index (κ1) is 12.9. The summed E-state index contributed by atoms with van der Waals surface area (Å²) in [7, 11) is 4.35. The molecule has 3 nitrogen and oxygen atoms in total. The predicted molar refractivity (Wildman–Crippen MR) is 65.5 cm³/mol. The van der Waals surface area contributed by atoms with Gasteiger partial charge in [-0.15, -0.1) is 0 Å². The van der Waals surface area contributed by atoms with Crippen molar-refractivity contribution in [3.63, 3.8) is 0 Å². The topological polar surface area (TPSA) is 41.3 Å². The van der Waals surface area contributed by atoms with Crippen LogP contribution in [0.1, 0.15) is 46.0 Å². The highest BCUT2D eigenvalue weighted by atomic mass is 15.3. The van der Waals surface area contributed by atoms with Crippen molar-refractivity contribution in [1.82, 2.24) is 10.3 Å². The van der Waals surface area contributed by atoms with Crippen LogP contribution in [0.3, 0.4) is 0 Å². The van der Waals surface area contributed by atoms with E-state index in [9.17, 15) is 0 Å². The molecule has 1 saturated carbocycles. The van der Waals surface area contributed by atoms with Gasteiger partial charge in [-0.3, -0.25) is 11.3 Å². The van der Waals surface area contributed by atoms with E-state index in [-0.39, 0.29) is 5.54 Å². The largest absolute Gasteiger partial charge is 0.302 e. The molecule has 90 valence electrons. The van der Waals surface area contributed by atoms with Gasteiger partial charge in [0.15, 0.2) is 0 Å². The van der Waals surface area contributed by atoms with Crippen LogP contribution in [0.4, 0.5) is 0 Å². The van der Waals surface area contributed by atoms with Crippen molar-refractivity contribution in [2.24, 2.45) is 11.8 Å². The summed E-state index contributed by atoms with van der Waals surface area (Å²) in [6, 6.07) is 0.441. The zero-order valence-corrected chi connectivity index (χ0v) is 10.7. The molecule has 1 fully saturated rings. The summed E-state index contributed by atoms with van der Waals surface area (Å²) in [6.45, 7) is 4.54. The average Bonchev–Trinajstić information content (AvgIpc) is 2.15. The molecule has 0 aromatic carbocycles. The third-order valence-corrected chi connectivity index (χ3v) is 4.49. The van der Waals surface area contributed by atoms with Crippen LogP contribution in [0, 0.1) is 5.92 Å². The highest BCUT2D eigenvalue weighted by Crippen LogP contribution is 2.38. The maximum atomic E-state index is 5.78. The number of nitrogens with two attached hydrogens (primary N) is 1. The van der Waals surface area contributed by atoms with Crippen LogP contribution in [-0.2, 0) is 0 Å². The summed E-state index contributed by atoms with van der Waals surface area (Å²) in [5.41, 5.74) is 3.31. The van der Waals surface area contributed by atoms with Crippen molar-refractivity contribution in [3.05, 3.63) is 0 Å². The molecule has 0 amide bonds. The van der Waals surface area contributed by atoms with Gasteiger partial charge in [0.2, 0.25) is 0 Å². The zero-order chi connectivity index (χ0) is 11.5. The van der Waals surface area contributed by atoms with E-state index in [1.54, 1.807) is 0 Å². The standard InChI is InChI=1S/C12H27N3/c1-5-12(6-2,15(3)4)11(14-13)10-8-7-9-10/h10-11,14H,5-9,13H2,1-4H3. The summed E-state index contributed by atoms with van der Waals surface area (Å²) in [6.07, 6.45) is 6.36. The first-order valence-corrected chi connectivity index (χ1v) is 6.26. The van der Waals surface area contributed by atoms with Crippen LogP contribution in [0.5, 0.6) is 0 Å². The third kappa shape index (κ3) is 2.19. The minimum atomic E-state index is 0.222. The van der Waals surface area contributed by atoms with Crippen LogP contribution in [-0.4, -0.2) is 30.6 Å². The lowest BCUT2D eigenvalue weighted by atomic mass is 9.69. The van der Waals surface area contributed by atoms with Gasteiger partial charge in [-0.25, -0.2) is 0 Å². The molecule has 0 heterocycles. The SMILES string of the molecule is CCC(CC)(C(NN)C1CCC1)N(C)C. The molecule has 0 spiro atoms. The number of hydrazine groups is 1. The molecular weight excluding hydrogens is 186 g/mol. The molecule has 1 aliphatic carbocycles. The summed E-state index contributed by atoms with van der Waals surface area (Å²) < 4.78 is 0. The van der Waals surface area contributed by atoms with E-state index in [0.29, 0.717) is 6.04 Å². The fraction of sp³-hybridized carbons (Fsp3) is 1.00. The molecule has 15 heavy (non-hydrogen) atoms. The maximum Gasteiger partial charge on any atom is 0.0422 e. The van der Waals surface area contributed by atoms with Crippen molar-refractivity contribution in [1.29, 1.82) is 0 Å². The summed E-state index contributed by atoms with van der Waals surface area (Å²) in [5, 5.41) is 0. The fourth-order valence-corrected chi connectivity index (χ4v) is 3.10. The normalized spacial score (nSPS) is 20.4. The zero-order valence-electron chi connectivity index (χ0n) is 10.7. The van der Waals surface area contributed by atoms with Gasteiger partial charge < -0.3 is 4.90 Å². The van der Waals surface area contributed by atoms with Crippen LogP contribution in [0.2, 0.25) is 0 Å². The Kier molecular flexibility index (Phi) is 4.56. The van der Waals surface area contributed by atoms with Gasteiger partial charge in [0.1, 0.15) is 0 Å². The Balaban J connectivity index is 2.82. The lowest BCUT2D eigenvalue weighted by Gasteiger charge is -2.50. The number of likely N-dealkylation sites (N-methyl/N-ethyl adjacent to an activating group) is 1. The van der Waals surface area contributed by atoms with Crippen molar-refractivity contribution in [2.45, 2.75) is 57.5 Å². The van der Waals surface area contributed by atoms with Crippen LogP contribution in [0.25, 0.3) is 0 Å². The summed E-state index contributed by atoms with van der Waals surface area (Å²) >= 11 is 0. The molecule has 0 radical (unpaired) electrons. The van der Waals surface area contributed by atoms with Gasteiger partial charge in [-0.05, 0) is 45.7 Å². The third-order valence-electron chi connectivity index (χ3n) is 4.49. The van der Waals surface area contributed by atoms with E-state index in [1.165, 1.54) is 19.3 Å². The Bertz CT molecular complexity index is 183. The molecule has 1 aliphatic rings. The van der Waals surface area contributed by atoms with Crippen LogP contribution in [0.15, 0.2) is 0 Å². The first-order chi connectivity index (χ1) is 7.12. The number of nitrogens with one attached hydrogen (secondary N) is 1. The molecule has 3 heteroatoms. The molecule has 0 bridgehead atoms. The molecule has 1 rings (SSSR count). The minimum Gasteiger partial charge on any atom is -0.302 e. The Morgan fingerprint density at radius 2 is 1.87 bits per heavy atom. The summed E-state index contributed by atoms with van der Waals surface area (Å²) in [4.78, 5) is 2.36. The second-order valence-corrected chi connectivity index (χ2v) is 5.04. The predicted octanol–water partition coefficient (Wildman–Crippen LogP) is 1.74. The van der Waals surface area contributed by atoms with E-state index >= 15 is 0 Å². The van der Waals surface area contributed by atoms with Gasteiger partial charge in [-0.1, -0.05) is 20.3 Å². The lowest BCUT2D eigenvalue weighted by Crippen LogP contribution is -2.64. The van der Waals surface area contributed by atoms with Crippen molar-refractivity contribution in [2.75, 3.05) is 14.1 Å². The van der Waals surface area contributed by atoms with E-state index in [0.717, 1.165) is 18.8 Å². The smallest absolute Gasteiger partial charge is 0.0422 e. The van der Waals surface area contributed by atoms with Gasteiger partial charge >= 0.3 is 0 Å². The number of hydrogen-bond acceptors (Lipinski definition) is 3. The van der Waals surface area contributed by atoms with Gasteiger partial charge in [-0.2, -0.15) is 0 Å². The Morgan fingerprint density at radius 1 is 1.33 bits per heavy atom. The van der Waals surface area contributed by atoms with Crippen molar-refractivity contribution >= 4 is 0 Å². The number of nitrogens with zero attached hydrogens (tertiary/aromatic N) is 1.